The van der Waals surface area contributed by atoms with Crippen LogP contribution in [-0.2, 0) is 5.41 Å². The Balaban J connectivity index is 1.04. The van der Waals surface area contributed by atoms with Gasteiger partial charge in [0, 0.05) is 47.9 Å². The molecule has 12 rings (SSSR count). The first-order chi connectivity index (χ1) is 28.5. The maximum Gasteiger partial charge on any atom is 0.135 e. The summed E-state index contributed by atoms with van der Waals surface area (Å²) in [6.07, 6.45) is 0. The SMILES string of the molecule is CC1(C)c2ccccc2-c2cccc(N(c3cccc(-c4ccc5c6c(cccc46)-c4ccc(-c6ccccc6)cc4O5)c3)c3ccc4sc5ccccc5c4c3)c21. The lowest BCUT2D eigenvalue weighted by molar-refractivity contribution is 0.487. The van der Waals surface area contributed by atoms with E-state index in [1.54, 1.807) is 0 Å². The molecule has 0 unspecified atom stereocenters. The molecular weight excluding hydrogens is 723 g/mol. The second-order valence-electron chi connectivity index (χ2n) is 16.1. The summed E-state index contributed by atoms with van der Waals surface area (Å²) in [7, 11) is 0. The van der Waals surface area contributed by atoms with E-state index in [4.69, 9.17) is 4.74 Å². The topological polar surface area (TPSA) is 12.5 Å². The highest BCUT2D eigenvalue weighted by Gasteiger charge is 2.39. The molecule has 58 heavy (non-hydrogen) atoms. The zero-order valence-corrected chi connectivity index (χ0v) is 33.0. The molecule has 0 radical (unpaired) electrons. The summed E-state index contributed by atoms with van der Waals surface area (Å²) in [5.41, 5.74) is 15.6. The monoisotopic (exact) mass is 759 g/mol. The lowest BCUT2D eigenvalue weighted by Crippen LogP contribution is -2.20. The predicted octanol–water partition coefficient (Wildman–Crippen LogP) is 16.1. The Morgan fingerprint density at radius 3 is 2.07 bits per heavy atom. The van der Waals surface area contributed by atoms with Gasteiger partial charge in [0.15, 0.2) is 0 Å². The number of hydrogen-bond acceptors (Lipinski definition) is 3. The Morgan fingerprint density at radius 2 is 1.14 bits per heavy atom. The highest BCUT2D eigenvalue weighted by molar-refractivity contribution is 7.25. The first-order valence-electron chi connectivity index (χ1n) is 20.0. The van der Waals surface area contributed by atoms with Crippen molar-refractivity contribution in [2.75, 3.05) is 4.90 Å². The molecule has 2 nitrogen and oxygen atoms in total. The van der Waals surface area contributed by atoms with Crippen LogP contribution in [0.1, 0.15) is 25.0 Å². The quantitative estimate of drug-likeness (QED) is 0.173. The van der Waals surface area contributed by atoms with Crippen molar-refractivity contribution >= 4 is 59.3 Å². The zero-order valence-electron chi connectivity index (χ0n) is 32.2. The smallest absolute Gasteiger partial charge is 0.135 e. The minimum atomic E-state index is -0.189. The van der Waals surface area contributed by atoms with Gasteiger partial charge in [0.2, 0.25) is 0 Å². The molecule has 0 bridgehead atoms. The van der Waals surface area contributed by atoms with Crippen LogP contribution < -0.4 is 9.64 Å². The summed E-state index contributed by atoms with van der Waals surface area (Å²) < 4.78 is 9.33. The van der Waals surface area contributed by atoms with E-state index in [0.717, 1.165) is 45.0 Å². The van der Waals surface area contributed by atoms with E-state index in [9.17, 15) is 0 Å². The van der Waals surface area contributed by atoms with Crippen LogP contribution in [0, 0.1) is 0 Å². The molecule has 274 valence electrons. The van der Waals surface area contributed by atoms with Crippen molar-refractivity contribution in [2.24, 2.45) is 0 Å². The molecule has 0 saturated carbocycles. The van der Waals surface area contributed by atoms with Crippen LogP contribution >= 0.6 is 11.3 Å². The van der Waals surface area contributed by atoms with Gasteiger partial charge >= 0.3 is 0 Å². The molecule has 0 N–H and O–H groups in total. The molecule has 2 aliphatic rings. The molecule has 0 spiro atoms. The number of ether oxygens (including phenoxy) is 1. The van der Waals surface area contributed by atoms with Gasteiger partial charge in [-0.3, -0.25) is 0 Å². The Hall–Kier alpha value is -6.94. The van der Waals surface area contributed by atoms with Crippen molar-refractivity contribution in [1.29, 1.82) is 0 Å². The van der Waals surface area contributed by atoms with Crippen LogP contribution in [0.15, 0.2) is 188 Å². The van der Waals surface area contributed by atoms with Gasteiger partial charge in [0.05, 0.1) is 5.69 Å². The second-order valence-corrected chi connectivity index (χ2v) is 17.1. The van der Waals surface area contributed by atoms with Crippen LogP contribution in [0.2, 0.25) is 0 Å². The third kappa shape index (κ3) is 4.90. The van der Waals surface area contributed by atoms with Gasteiger partial charge in [-0.15, -0.1) is 11.3 Å². The van der Waals surface area contributed by atoms with Crippen LogP contribution in [0.4, 0.5) is 17.1 Å². The first-order valence-corrected chi connectivity index (χ1v) is 20.8. The van der Waals surface area contributed by atoms with Crippen molar-refractivity contribution in [3.63, 3.8) is 0 Å². The Bertz CT molecular complexity index is 3300. The molecule has 2 heterocycles. The normalized spacial score (nSPS) is 13.3. The average Bonchev–Trinajstić information content (AvgIpc) is 3.76. The van der Waals surface area contributed by atoms with E-state index in [-0.39, 0.29) is 5.41 Å². The molecule has 10 aromatic rings. The summed E-state index contributed by atoms with van der Waals surface area (Å²) in [6.45, 7) is 4.76. The number of rotatable bonds is 5. The van der Waals surface area contributed by atoms with E-state index < -0.39 is 0 Å². The molecule has 3 heteroatoms. The highest BCUT2D eigenvalue weighted by Crippen LogP contribution is 2.55. The van der Waals surface area contributed by atoms with Crippen LogP contribution in [0.3, 0.4) is 0 Å². The van der Waals surface area contributed by atoms with Gasteiger partial charge in [-0.2, -0.15) is 0 Å². The maximum absolute atomic E-state index is 6.72. The highest BCUT2D eigenvalue weighted by atomic mass is 32.1. The molecule has 0 amide bonds. The van der Waals surface area contributed by atoms with Crippen LogP contribution in [0.25, 0.3) is 75.5 Å². The molecule has 0 saturated heterocycles. The Kier molecular flexibility index (Phi) is 7.18. The third-order valence-electron chi connectivity index (χ3n) is 12.4. The lowest BCUT2D eigenvalue weighted by Gasteiger charge is -2.32. The number of fused-ring (bicyclic) bond motifs is 8. The summed E-state index contributed by atoms with van der Waals surface area (Å²) in [6, 6.07) is 68.8. The maximum atomic E-state index is 6.72. The summed E-state index contributed by atoms with van der Waals surface area (Å²) in [5, 5.41) is 4.92. The van der Waals surface area contributed by atoms with Gasteiger partial charge in [0.25, 0.3) is 0 Å². The predicted molar refractivity (Wildman–Crippen MR) is 245 cm³/mol. The second kappa shape index (κ2) is 12.5. The Labute approximate surface area is 341 Å². The fraction of sp³-hybridized carbons (Fsp3) is 0.0545. The van der Waals surface area contributed by atoms with Crippen molar-refractivity contribution in [1.82, 2.24) is 0 Å². The minimum Gasteiger partial charge on any atom is -0.456 e. The summed E-state index contributed by atoms with van der Waals surface area (Å²) in [4.78, 5) is 2.50. The van der Waals surface area contributed by atoms with E-state index in [1.165, 1.54) is 70.2 Å². The van der Waals surface area contributed by atoms with E-state index >= 15 is 0 Å². The summed E-state index contributed by atoms with van der Waals surface area (Å²) >= 11 is 1.86. The number of thiophene rings is 1. The minimum absolute atomic E-state index is 0.189. The van der Waals surface area contributed by atoms with Gasteiger partial charge in [-0.1, -0.05) is 141 Å². The van der Waals surface area contributed by atoms with E-state index in [1.807, 2.05) is 11.3 Å². The Morgan fingerprint density at radius 1 is 0.431 bits per heavy atom. The number of nitrogens with zero attached hydrogens (tertiary/aromatic N) is 1. The average molecular weight is 760 g/mol. The van der Waals surface area contributed by atoms with Crippen molar-refractivity contribution in [3.05, 3.63) is 199 Å². The number of anilines is 3. The summed E-state index contributed by atoms with van der Waals surface area (Å²) in [5.74, 6) is 1.78. The zero-order chi connectivity index (χ0) is 38.5. The molecule has 0 fully saturated rings. The largest absolute Gasteiger partial charge is 0.456 e. The third-order valence-corrected chi connectivity index (χ3v) is 13.6. The van der Waals surface area contributed by atoms with Gasteiger partial charge in [-0.25, -0.2) is 0 Å². The standard InChI is InChI=1S/C55H37NOS/c1-55(2)47-22-8-6-17-40(47)45-21-12-23-48(54(45)55)56(38-26-30-52-46(33-38)42-18-7-9-24-51(42)58-52)37-16-10-15-36(31-37)39-28-29-49-53-43(39)19-11-20-44(53)41-27-25-35(32-50(41)57-49)34-13-4-3-5-14-34/h3-33H,1-2H3. The first kappa shape index (κ1) is 33.2. The molecule has 9 aromatic carbocycles. The van der Waals surface area contributed by atoms with E-state index in [2.05, 4.69) is 207 Å². The van der Waals surface area contributed by atoms with Crippen LogP contribution in [0.5, 0.6) is 11.5 Å². The fourth-order valence-electron chi connectivity index (χ4n) is 9.79. The van der Waals surface area contributed by atoms with Gasteiger partial charge in [0.1, 0.15) is 11.5 Å². The molecule has 0 atom stereocenters. The lowest BCUT2D eigenvalue weighted by atomic mass is 9.81. The van der Waals surface area contributed by atoms with Gasteiger partial charge in [-0.05, 0) is 116 Å². The molecule has 1 aromatic heterocycles. The van der Waals surface area contributed by atoms with Gasteiger partial charge < -0.3 is 9.64 Å². The van der Waals surface area contributed by atoms with Crippen molar-refractivity contribution in [2.45, 2.75) is 19.3 Å². The molecule has 1 aliphatic heterocycles. The van der Waals surface area contributed by atoms with Crippen molar-refractivity contribution in [3.8, 4) is 56.0 Å². The molecule has 1 aliphatic carbocycles. The van der Waals surface area contributed by atoms with Crippen molar-refractivity contribution < 1.29 is 4.74 Å². The fourth-order valence-corrected chi connectivity index (χ4v) is 10.9. The molecular formula is C55H37NOS. The number of hydrogen-bond donors (Lipinski definition) is 0. The van der Waals surface area contributed by atoms with E-state index in [0.29, 0.717) is 0 Å². The number of benzene rings is 9. The van der Waals surface area contributed by atoms with Crippen LogP contribution in [-0.4, -0.2) is 0 Å².